The summed E-state index contributed by atoms with van der Waals surface area (Å²) in [7, 11) is 0. The second-order valence-corrected chi connectivity index (χ2v) is 9.16. The largest absolute Gasteiger partial charge is 0.457 e. The molecule has 33 heavy (non-hydrogen) atoms. The van der Waals surface area contributed by atoms with Crippen LogP contribution in [-0.4, -0.2) is 53.3 Å². The zero-order chi connectivity index (χ0) is 22.4. The highest BCUT2D eigenvalue weighted by Crippen LogP contribution is 2.40. The number of benzene rings is 2. The van der Waals surface area contributed by atoms with Crippen molar-refractivity contribution >= 4 is 11.6 Å². The number of likely N-dealkylation sites (tertiary alicyclic amines) is 1. The zero-order valence-corrected chi connectivity index (χ0v) is 18.4. The molecule has 3 aliphatic heterocycles. The lowest BCUT2D eigenvalue weighted by molar-refractivity contribution is 0.0993. The number of rotatable bonds is 5. The molecule has 2 aromatic carbocycles. The second kappa shape index (κ2) is 8.20. The number of anilines is 1. The molecular weight excluding hydrogens is 416 g/mol. The monoisotopic (exact) mass is 444 g/mol. The molecule has 0 aliphatic carbocycles. The Morgan fingerprint density at radius 3 is 2.39 bits per heavy atom. The molecule has 8 nitrogen and oxygen atoms in total. The predicted octanol–water partition coefficient (Wildman–Crippen LogP) is 2.77. The van der Waals surface area contributed by atoms with Gasteiger partial charge in [0.2, 0.25) is 0 Å². The highest BCUT2D eigenvalue weighted by atomic mass is 16.5. The van der Waals surface area contributed by atoms with Crippen molar-refractivity contribution < 1.29 is 9.53 Å². The van der Waals surface area contributed by atoms with Gasteiger partial charge in [-0.05, 0) is 67.7 Å². The second-order valence-electron chi connectivity index (χ2n) is 9.16. The number of hydrogen-bond donors (Lipinski definition) is 3. The van der Waals surface area contributed by atoms with Gasteiger partial charge in [0, 0.05) is 19.6 Å². The molecule has 8 heteroatoms. The molecule has 4 heterocycles. The Balaban J connectivity index is 1.31. The first-order valence-electron chi connectivity index (χ1n) is 11.6. The number of para-hydroxylation sites is 1. The van der Waals surface area contributed by atoms with Crippen LogP contribution in [0.25, 0.3) is 5.69 Å². The lowest BCUT2D eigenvalue weighted by Crippen LogP contribution is -2.34. The maximum Gasteiger partial charge on any atom is 0.269 e. The van der Waals surface area contributed by atoms with Crippen molar-refractivity contribution in [3.05, 3.63) is 66.0 Å². The van der Waals surface area contributed by atoms with E-state index in [4.69, 9.17) is 15.6 Å². The van der Waals surface area contributed by atoms with E-state index < -0.39 is 5.91 Å². The fraction of sp³-hybridized carbons (Fsp3) is 0.360. The van der Waals surface area contributed by atoms with Crippen molar-refractivity contribution in [2.75, 3.05) is 38.0 Å². The van der Waals surface area contributed by atoms with E-state index in [1.807, 2.05) is 54.6 Å². The fourth-order valence-corrected chi connectivity index (χ4v) is 5.51. The molecule has 1 amide bonds. The molecule has 0 bridgehead atoms. The van der Waals surface area contributed by atoms with Gasteiger partial charge in [-0.2, -0.15) is 5.10 Å². The van der Waals surface area contributed by atoms with E-state index >= 15 is 0 Å². The van der Waals surface area contributed by atoms with Crippen molar-refractivity contribution in [2.24, 2.45) is 17.6 Å². The number of aromatic nitrogens is 2. The number of amides is 1. The Bertz CT molecular complexity index is 1150. The number of carbonyl (C=O) groups excluding carboxylic acids is 1. The molecule has 3 aliphatic rings. The molecule has 0 saturated carbocycles. The third-order valence-corrected chi connectivity index (χ3v) is 7.10. The molecule has 6 rings (SSSR count). The van der Waals surface area contributed by atoms with Gasteiger partial charge in [-0.1, -0.05) is 18.2 Å². The van der Waals surface area contributed by atoms with Crippen LogP contribution in [0.3, 0.4) is 0 Å². The number of nitrogens with zero attached hydrogens (tertiary/aromatic N) is 3. The highest BCUT2D eigenvalue weighted by molar-refractivity contribution is 5.98. The van der Waals surface area contributed by atoms with Gasteiger partial charge in [0.05, 0.1) is 17.4 Å². The first kappa shape index (κ1) is 20.3. The van der Waals surface area contributed by atoms with Crippen LogP contribution in [0.1, 0.15) is 28.6 Å². The standard InChI is InChI=1S/C25H28N6O2/c26-25(32)24-23-22(21(10-11-28-23)30-14-16-12-27-13-17(16)15-30)29-31(24)18-6-8-20(9-7-18)33-19-4-2-1-3-5-19/h1-9,16-17,21,27-28H,10-15H2,(H2,26,32). The first-order chi connectivity index (χ1) is 16.2. The summed E-state index contributed by atoms with van der Waals surface area (Å²) in [4.78, 5) is 15.0. The summed E-state index contributed by atoms with van der Waals surface area (Å²) < 4.78 is 7.59. The van der Waals surface area contributed by atoms with Crippen molar-refractivity contribution in [2.45, 2.75) is 12.5 Å². The maximum absolute atomic E-state index is 12.5. The molecule has 4 N–H and O–H groups in total. The third-order valence-electron chi connectivity index (χ3n) is 7.10. The summed E-state index contributed by atoms with van der Waals surface area (Å²) in [5, 5.41) is 11.8. The average molecular weight is 445 g/mol. The van der Waals surface area contributed by atoms with Gasteiger partial charge in [-0.25, -0.2) is 4.68 Å². The van der Waals surface area contributed by atoms with E-state index in [1.165, 1.54) is 0 Å². The Labute approximate surface area is 192 Å². The number of nitrogens with two attached hydrogens (primary N) is 1. The maximum atomic E-state index is 12.5. The number of fused-ring (bicyclic) bond motifs is 2. The topological polar surface area (TPSA) is 97.4 Å². The Kier molecular flexibility index (Phi) is 5.04. The van der Waals surface area contributed by atoms with Crippen LogP contribution in [0.4, 0.5) is 5.69 Å². The van der Waals surface area contributed by atoms with Crippen LogP contribution >= 0.6 is 0 Å². The minimum atomic E-state index is -0.482. The number of nitrogens with one attached hydrogen (secondary N) is 2. The van der Waals surface area contributed by atoms with Crippen LogP contribution < -0.4 is 21.1 Å². The van der Waals surface area contributed by atoms with Crippen LogP contribution in [0, 0.1) is 11.8 Å². The summed E-state index contributed by atoms with van der Waals surface area (Å²) >= 11 is 0. The first-order valence-corrected chi connectivity index (χ1v) is 11.6. The normalized spacial score (nSPS) is 24.2. The summed E-state index contributed by atoms with van der Waals surface area (Å²) in [5.74, 6) is 2.42. The van der Waals surface area contributed by atoms with Crippen LogP contribution in [0.5, 0.6) is 11.5 Å². The molecule has 1 aromatic heterocycles. The molecular formula is C25H28N6O2. The molecule has 170 valence electrons. The van der Waals surface area contributed by atoms with E-state index in [0.29, 0.717) is 17.5 Å². The Morgan fingerprint density at radius 1 is 1.00 bits per heavy atom. The van der Waals surface area contributed by atoms with Gasteiger partial charge in [0.25, 0.3) is 5.91 Å². The molecule has 2 saturated heterocycles. The van der Waals surface area contributed by atoms with Gasteiger partial charge in [-0.3, -0.25) is 9.69 Å². The number of hydrogen-bond acceptors (Lipinski definition) is 6. The molecule has 0 spiro atoms. The summed E-state index contributed by atoms with van der Waals surface area (Å²) in [6.45, 7) is 5.14. The number of ether oxygens (including phenoxy) is 1. The zero-order valence-electron chi connectivity index (χ0n) is 18.4. The van der Waals surface area contributed by atoms with Gasteiger partial charge >= 0.3 is 0 Å². The smallest absolute Gasteiger partial charge is 0.269 e. The van der Waals surface area contributed by atoms with Gasteiger partial charge in [0.1, 0.15) is 17.2 Å². The van der Waals surface area contributed by atoms with E-state index in [2.05, 4.69) is 15.5 Å². The van der Waals surface area contributed by atoms with Crippen molar-refractivity contribution in [3.63, 3.8) is 0 Å². The Hall–Kier alpha value is -3.36. The third kappa shape index (κ3) is 3.65. The molecule has 3 aromatic rings. The van der Waals surface area contributed by atoms with Crippen molar-refractivity contribution in [3.8, 4) is 17.2 Å². The Morgan fingerprint density at radius 2 is 1.70 bits per heavy atom. The summed E-state index contributed by atoms with van der Waals surface area (Å²) in [5.41, 5.74) is 8.73. The van der Waals surface area contributed by atoms with E-state index in [0.717, 1.165) is 67.7 Å². The fourth-order valence-electron chi connectivity index (χ4n) is 5.51. The van der Waals surface area contributed by atoms with Gasteiger partial charge in [-0.15, -0.1) is 0 Å². The van der Waals surface area contributed by atoms with Crippen molar-refractivity contribution in [1.82, 2.24) is 20.0 Å². The minimum absolute atomic E-state index is 0.201. The SMILES string of the molecule is NC(=O)c1c2c(nn1-c1ccc(Oc3ccccc3)cc1)C(N1CC3CNCC3C1)CCN2. The number of carbonyl (C=O) groups is 1. The van der Waals surface area contributed by atoms with E-state index in [1.54, 1.807) is 4.68 Å². The molecule has 2 fully saturated rings. The molecule has 0 radical (unpaired) electrons. The van der Waals surface area contributed by atoms with Crippen molar-refractivity contribution in [1.29, 1.82) is 0 Å². The van der Waals surface area contributed by atoms with Crippen LogP contribution in [0.2, 0.25) is 0 Å². The number of primary amides is 1. The minimum Gasteiger partial charge on any atom is -0.457 e. The lowest BCUT2D eigenvalue weighted by atomic mass is 10.0. The van der Waals surface area contributed by atoms with Gasteiger partial charge in [0.15, 0.2) is 5.69 Å². The van der Waals surface area contributed by atoms with Crippen LogP contribution in [0.15, 0.2) is 54.6 Å². The summed E-state index contributed by atoms with van der Waals surface area (Å²) in [6, 6.07) is 17.4. The lowest BCUT2D eigenvalue weighted by Gasteiger charge is -2.31. The van der Waals surface area contributed by atoms with Crippen LogP contribution in [-0.2, 0) is 0 Å². The van der Waals surface area contributed by atoms with E-state index in [-0.39, 0.29) is 6.04 Å². The molecule has 3 unspecified atom stereocenters. The molecule has 3 atom stereocenters. The van der Waals surface area contributed by atoms with Gasteiger partial charge < -0.3 is 21.1 Å². The highest BCUT2D eigenvalue weighted by Gasteiger charge is 2.42. The van der Waals surface area contributed by atoms with E-state index in [9.17, 15) is 4.79 Å². The predicted molar refractivity (Wildman–Crippen MR) is 126 cm³/mol. The quantitative estimate of drug-likeness (QED) is 0.560. The summed E-state index contributed by atoms with van der Waals surface area (Å²) in [6.07, 6.45) is 0.971. The average Bonchev–Trinajstić information content (AvgIpc) is 3.53.